The van der Waals surface area contributed by atoms with Crippen molar-refractivity contribution >= 4 is 46.4 Å². The zero-order valence-corrected chi connectivity index (χ0v) is 15.1. The van der Waals surface area contributed by atoms with Crippen molar-refractivity contribution in [1.82, 2.24) is 10.4 Å². The maximum absolute atomic E-state index is 12.0. The average Bonchev–Trinajstić information content (AvgIpc) is 2.61. The second-order valence-electron chi connectivity index (χ2n) is 5.41. The minimum atomic E-state index is -0.159. The second kappa shape index (κ2) is 8.14. The highest BCUT2D eigenvalue weighted by Gasteiger charge is 2.07. The van der Waals surface area contributed by atoms with Crippen LogP contribution in [-0.4, -0.2) is 22.9 Å². The van der Waals surface area contributed by atoms with Gasteiger partial charge in [-0.25, -0.2) is 5.43 Å². The van der Waals surface area contributed by atoms with Crippen LogP contribution in [0.2, 0.25) is 5.02 Å². The van der Waals surface area contributed by atoms with Crippen LogP contribution < -0.4 is 5.43 Å². The SMILES string of the molecule is Cc1cc(SCC(=O)N/N=C\c2ccc(Cl)cc2)c2ccccc2n1. The number of rotatable bonds is 5. The summed E-state index contributed by atoms with van der Waals surface area (Å²) >= 11 is 7.30. The van der Waals surface area contributed by atoms with Crippen LogP contribution in [-0.2, 0) is 4.79 Å². The third-order valence-corrected chi connectivity index (χ3v) is 4.75. The molecule has 1 N–H and O–H groups in total. The molecule has 3 aromatic rings. The number of pyridine rings is 1. The van der Waals surface area contributed by atoms with Gasteiger partial charge < -0.3 is 0 Å². The molecule has 0 aliphatic heterocycles. The van der Waals surface area contributed by atoms with Crippen molar-refractivity contribution in [3.05, 3.63) is 70.9 Å². The van der Waals surface area contributed by atoms with Crippen LogP contribution in [0.3, 0.4) is 0 Å². The van der Waals surface area contributed by atoms with Gasteiger partial charge in [-0.3, -0.25) is 9.78 Å². The number of para-hydroxylation sites is 1. The number of fused-ring (bicyclic) bond motifs is 1. The predicted octanol–water partition coefficient (Wildman–Crippen LogP) is 4.44. The van der Waals surface area contributed by atoms with Crippen LogP contribution in [0.1, 0.15) is 11.3 Å². The Morgan fingerprint density at radius 1 is 1.24 bits per heavy atom. The number of hydrazone groups is 1. The molecule has 0 saturated carbocycles. The average molecular weight is 370 g/mol. The van der Waals surface area contributed by atoms with Gasteiger partial charge in [0.05, 0.1) is 17.5 Å². The molecule has 2 aromatic carbocycles. The first-order chi connectivity index (χ1) is 12.1. The van der Waals surface area contributed by atoms with E-state index in [0.717, 1.165) is 27.1 Å². The molecule has 1 aromatic heterocycles. The molecule has 25 heavy (non-hydrogen) atoms. The first-order valence-electron chi connectivity index (χ1n) is 7.68. The van der Waals surface area contributed by atoms with Gasteiger partial charge in [-0.05, 0) is 36.8 Å². The first-order valence-corrected chi connectivity index (χ1v) is 9.05. The van der Waals surface area contributed by atoms with Gasteiger partial charge in [-0.1, -0.05) is 41.9 Å². The van der Waals surface area contributed by atoms with Crippen LogP contribution in [0.5, 0.6) is 0 Å². The zero-order valence-electron chi connectivity index (χ0n) is 13.6. The number of nitrogens with zero attached hydrogens (tertiary/aromatic N) is 2. The molecule has 0 aliphatic rings. The van der Waals surface area contributed by atoms with E-state index in [-0.39, 0.29) is 11.7 Å². The Morgan fingerprint density at radius 3 is 2.80 bits per heavy atom. The lowest BCUT2D eigenvalue weighted by Crippen LogP contribution is -2.19. The molecule has 0 bridgehead atoms. The van der Waals surface area contributed by atoms with Crippen molar-refractivity contribution in [3.8, 4) is 0 Å². The van der Waals surface area contributed by atoms with Crippen molar-refractivity contribution in [1.29, 1.82) is 0 Å². The van der Waals surface area contributed by atoms with E-state index in [1.165, 1.54) is 11.8 Å². The van der Waals surface area contributed by atoms with E-state index in [4.69, 9.17) is 11.6 Å². The van der Waals surface area contributed by atoms with E-state index in [1.54, 1.807) is 18.3 Å². The molecule has 6 heteroatoms. The monoisotopic (exact) mass is 369 g/mol. The molecule has 0 atom stereocenters. The van der Waals surface area contributed by atoms with Crippen molar-refractivity contribution in [3.63, 3.8) is 0 Å². The maximum atomic E-state index is 12.0. The van der Waals surface area contributed by atoms with Gasteiger partial charge in [0.1, 0.15) is 0 Å². The van der Waals surface area contributed by atoms with Gasteiger partial charge in [0.15, 0.2) is 0 Å². The Labute approximate surface area is 155 Å². The maximum Gasteiger partial charge on any atom is 0.250 e. The first kappa shape index (κ1) is 17.5. The van der Waals surface area contributed by atoms with Gasteiger partial charge in [-0.15, -0.1) is 11.8 Å². The Balaban J connectivity index is 1.60. The lowest BCUT2D eigenvalue weighted by atomic mass is 10.2. The van der Waals surface area contributed by atoms with E-state index in [1.807, 2.05) is 49.4 Å². The number of benzene rings is 2. The van der Waals surface area contributed by atoms with Gasteiger partial charge in [-0.2, -0.15) is 5.10 Å². The minimum absolute atomic E-state index is 0.159. The number of aryl methyl sites for hydroxylation is 1. The highest BCUT2D eigenvalue weighted by molar-refractivity contribution is 8.00. The number of hydrogen-bond donors (Lipinski definition) is 1. The molecule has 0 aliphatic carbocycles. The summed E-state index contributed by atoms with van der Waals surface area (Å²) in [7, 11) is 0. The summed E-state index contributed by atoms with van der Waals surface area (Å²) in [6.45, 7) is 1.95. The summed E-state index contributed by atoms with van der Waals surface area (Å²) in [4.78, 5) is 17.5. The third kappa shape index (κ3) is 4.81. The van der Waals surface area contributed by atoms with Crippen molar-refractivity contribution < 1.29 is 4.79 Å². The number of thioether (sulfide) groups is 1. The molecule has 0 radical (unpaired) electrons. The summed E-state index contributed by atoms with van der Waals surface area (Å²) in [5.74, 6) is 0.125. The molecule has 3 rings (SSSR count). The standard InChI is InChI=1S/C19H16ClN3OS/c1-13-10-18(16-4-2-3-5-17(16)22-13)25-12-19(24)23-21-11-14-6-8-15(20)9-7-14/h2-11H,12H2,1H3,(H,23,24)/b21-11-. The molecule has 4 nitrogen and oxygen atoms in total. The Hall–Kier alpha value is -2.37. The Morgan fingerprint density at radius 2 is 2.00 bits per heavy atom. The van der Waals surface area contributed by atoms with E-state index >= 15 is 0 Å². The van der Waals surface area contributed by atoms with Crippen LogP contribution in [0.25, 0.3) is 10.9 Å². The number of carbonyl (C=O) groups excluding carboxylic acids is 1. The number of hydrogen-bond acceptors (Lipinski definition) is 4. The number of carbonyl (C=O) groups is 1. The zero-order chi connectivity index (χ0) is 17.6. The normalized spacial score (nSPS) is 11.1. The summed E-state index contributed by atoms with van der Waals surface area (Å²) in [5, 5.41) is 5.69. The Kier molecular flexibility index (Phi) is 5.68. The smallest absolute Gasteiger partial charge is 0.250 e. The summed E-state index contributed by atoms with van der Waals surface area (Å²) in [5.41, 5.74) is 5.28. The van der Waals surface area contributed by atoms with E-state index < -0.39 is 0 Å². The molecule has 0 spiro atoms. The molecule has 0 saturated heterocycles. The largest absolute Gasteiger partial charge is 0.272 e. The highest BCUT2D eigenvalue weighted by Crippen LogP contribution is 2.27. The fraction of sp³-hybridized carbons (Fsp3) is 0.105. The van der Waals surface area contributed by atoms with Crippen molar-refractivity contribution in [2.45, 2.75) is 11.8 Å². The quantitative estimate of drug-likeness (QED) is 0.411. The van der Waals surface area contributed by atoms with Gasteiger partial charge in [0.25, 0.3) is 0 Å². The van der Waals surface area contributed by atoms with Crippen molar-refractivity contribution in [2.24, 2.45) is 5.10 Å². The lowest BCUT2D eigenvalue weighted by Gasteiger charge is -2.07. The number of halogens is 1. The summed E-state index contributed by atoms with van der Waals surface area (Å²) in [6.07, 6.45) is 1.59. The van der Waals surface area contributed by atoms with Crippen LogP contribution in [0.15, 0.2) is 64.6 Å². The van der Waals surface area contributed by atoms with E-state index in [0.29, 0.717) is 5.02 Å². The molecule has 0 fully saturated rings. The van der Waals surface area contributed by atoms with Gasteiger partial charge in [0, 0.05) is 21.0 Å². The number of aromatic nitrogens is 1. The topological polar surface area (TPSA) is 54.4 Å². The second-order valence-corrected chi connectivity index (χ2v) is 6.87. The van der Waals surface area contributed by atoms with E-state index in [9.17, 15) is 4.79 Å². The van der Waals surface area contributed by atoms with Gasteiger partial charge >= 0.3 is 0 Å². The molecular formula is C19H16ClN3OS. The van der Waals surface area contributed by atoms with E-state index in [2.05, 4.69) is 15.5 Å². The minimum Gasteiger partial charge on any atom is -0.272 e. The predicted molar refractivity (Wildman–Crippen MR) is 104 cm³/mol. The lowest BCUT2D eigenvalue weighted by molar-refractivity contribution is -0.118. The fourth-order valence-corrected chi connectivity index (χ4v) is 3.35. The fourth-order valence-electron chi connectivity index (χ4n) is 2.29. The van der Waals surface area contributed by atoms with Crippen LogP contribution >= 0.6 is 23.4 Å². The molecular weight excluding hydrogens is 354 g/mol. The summed E-state index contributed by atoms with van der Waals surface area (Å²) in [6, 6.07) is 17.1. The molecule has 126 valence electrons. The molecule has 1 amide bonds. The van der Waals surface area contributed by atoms with Gasteiger partial charge in [0.2, 0.25) is 5.91 Å². The Bertz CT molecular complexity index is 926. The number of amides is 1. The molecule has 0 unspecified atom stereocenters. The van der Waals surface area contributed by atoms with Crippen LogP contribution in [0, 0.1) is 6.92 Å². The number of nitrogens with one attached hydrogen (secondary N) is 1. The van der Waals surface area contributed by atoms with Crippen molar-refractivity contribution in [2.75, 3.05) is 5.75 Å². The highest BCUT2D eigenvalue weighted by atomic mass is 35.5. The third-order valence-electron chi connectivity index (χ3n) is 3.44. The van der Waals surface area contributed by atoms with Crippen LogP contribution in [0.4, 0.5) is 0 Å². The molecule has 1 heterocycles. The summed E-state index contributed by atoms with van der Waals surface area (Å²) < 4.78 is 0.